The number of rotatable bonds is 42. The molecule has 0 amide bonds. The van der Waals surface area contributed by atoms with Crippen molar-refractivity contribution in [2.75, 3.05) is 78.9 Å². The lowest BCUT2D eigenvalue weighted by atomic mass is 9.90. The SMILES string of the molecule is CCCCCCCCCCOCCCCCCOC(=O)CCN(CCC(OCCCCCCOCCCCCCCCCC)=C1CCC1)CCN1CCCC1. The van der Waals surface area contributed by atoms with Gasteiger partial charge in [0.15, 0.2) is 0 Å². The highest BCUT2D eigenvalue weighted by atomic mass is 16.5. The summed E-state index contributed by atoms with van der Waals surface area (Å²) < 4.78 is 23.9. The maximum Gasteiger partial charge on any atom is 0.307 e. The Hall–Kier alpha value is -1.15. The Balaban J connectivity index is 1.52. The van der Waals surface area contributed by atoms with Crippen LogP contribution in [0.1, 0.15) is 213 Å². The number of ether oxygens (including phenoxy) is 4. The molecule has 0 radical (unpaired) electrons. The number of nitrogens with zero attached hydrogens (tertiary/aromatic N) is 2. The van der Waals surface area contributed by atoms with E-state index in [1.165, 1.54) is 172 Å². The molecule has 0 bridgehead atoms. The van der Waals surface area contributed by atoms with Crippen LogP contribution in [0.5, 0.6) is 0 Å². The molecule has 1 aliphatic heterocycles. The van der Waals surface area contributed by atoms with E-state index in [1.807, 2.05) is 0 Å². The molecular weight excluding hydrogens is 685 g/mol. The van der Waals surface area contributed by atoms with Crippen LogP contribution in [0.25, 0.3) is 0 Å². The van der Waals surface area contributed by atoms with E-state index in [-0.39, 0.29) is 5.97 Å². The van der Waals surface area contributed by atoms with Crippen LogP contribution < -0.4 is 0 Å². The zero-order valence-electron chi connectivity index (χ0n) is 36.8. The smallest absolute Gasteiger partial charge is 0.307 e. The molecule has 0 spiro atoms. The number of likely N-dealkylation sites (tertiary alicyclic amines) is 1. The minimum atomic E-state index is -0.0488. The van der Waals surface area contributed by atoms with Crippen molar-refractivity contribution in [3.8, 4) is 0 Å². The summed E-state index contributed by atoms with van der Waals surface area (Å²) in [5, 5.41) is 0. The van der Waals surface area contributed by atoms with E-state index in [9.17, 15) is 4.79 Å². The van der Waals surface area contributed by atoms with Gasteiger partial charge in [-0.3, -0.25) is 4.79 Å². The van der Waals surface area contributed by atoms with Gasteiger partial charge in [0, 0.05) is 59.0 Å². The summed E-state index contributed by atoms with van der Waals surface area (Å²) in [5.41, 5.74) is 1.53. The van der Waals surface area contributed by atoms with E-state index in [1.54, 1.807) is 0 Å². The van der Waals surface area contributed by atoms with Crippen LogP contribution >= 0.6 is 0 Å². The minimum Gasteiger partial charge on any atom is -0.498 e. The van der Waals surface area contributed by atoms with Crippen molar-refractivity contribution in [3.05, 3.63) is 11.3 Å². The first-order valence-corrected chi connectivity index (χ1v) is 24.3. The molecule has 1 heterocycles. The first-order chi connectivity index (χ1) is 27.2. The van der Waals surface area contributed by atoms with Gasteiger partial charge in [-0.1, -0.05) is 117 Å². The monoisotopic (exact) mass is 777 g/mol. The molecule has 0 aromatic rings. The van der Waals surface area contributed by atoms with Crippen LogP contribution in [0.3, 0.4) is 0 Å². The zero-order valence-corrected chi connectivity index (χ0v) is 36.8. The average molecular weight is 777 g/mol. The summed E-state index contributed by atoms with van der Waals surface area (Å²) in [6, 6.07) is 0. The van der Waals surface area contributed by atoms with E-state index in [0.717, 1.165) is 104 Å². The third kappa shape index (κ3) is 30.6. The number of carbonyl (C=O) groups excluding carboxylic acids is 1. The summed E-state index contributed by atoms with van der Waals surface area (Å²) in [6.45, 7) is 15.8. The van der Waals surface area contributed by atoms with Gasteiger partial charge < -0.3 is 28.7 Å². The molecule has 2 aliphatic rings. The highest BCUT2D eigenvalue weighted by molar-refractivity contribution is 5.69. The fraction of sp³-hybridized carbons (Fsp3) is 0.938. The maximum absolute atomic E-state index is 12.7. The van der Waals surface area contributed by atoms with E-state index in [2.05, 4.69) is 23.6 Å². The topological polar surface area (TPSA) is 60.5 Å². The minimum absolute atomic E-state index is 0.0488. The van der Waals surface area contributed by atoms with Gasteiger partial charge in [0.05, 0.1) is 25.4 Å². The molecule has 0 atom stereocenters. The van der Waals surface area contributed by atoms with Gasteiger partial charge in [0.25, 0.3) is 0 Å². The molecule has 324 valence electrons. The molecule has 0 N–H and O–H groups in total. The van der Waals surface area contributed by atoms with Gasteiger partial charge in [-0.25, -0.2) is 0 Å². The number of allylic oxidation sites excluding steroid dienone is 1. The van der Waals surface area contributed by atoms with Crippen molar-refractivity contribution in [3.63, 3.8) is 0 Å². The quantitative estimate of drug-likeness (QED) is 0.0347. The summed E-state index contributed by atoms with van der Waals surface area (Å²) in [6.07, 6.45) is 38.3. The highest BCUT2D eigenvalue weighted by Crippen LogP contribution is 2.31. The van der Waals surface area contributed by atoms with Gasteiger partial charge in [-0.2, -0.15) is 0 Å². The molecule has 1 aliphatic carbocycles. The second kappa shape index (κ2) is 38.4. The molecule has 7 nitrogen and oxygen atoms in total. The highest BCUT2D eigenvalue weighted by Gasteiger charge is 2.19. The molecule has 0 unspecified atom stereocenters. The molecule has 7 heteroatoms. The standard InChI is InChI=1S/C48H92N2O5/c1-3-5-7-9-11-13-15-23-40-52-42-25-17-19-27-44-54-47(46-30-29-31-46)32-36-50(39-38-49-34-21-22-35-49)37-33-48(51)55-45-28-20-18-26-43-53-41-24-16-14-12-10-8-6-4-2/h3-45H2,1-2H3. The van der Waals surface area contributed by atoms with Crippen molar-refractivity contribution in [1.29, 1.82) is 0 Å². The summed E-state index contributed by atoms with van der Waals surface area (Å²) >= 11 is 0. The van der Waals surface area contributed by atoms with E-state index < -0.39 is 0 Å². The second-order valence-electron chi connectivity index (χ2n) is 16.8. The number of unbranched alkanes of at least 4 members (excludes halogenated alkanes) is 20. The Bertz CT molecular complexity index is 870. The molecule has 2 rings (SSSR count). The van der Waals surface area contributed by atoms with Crippen molar-refractivity contribution in [1.82, 2.24) is 9.80 Å². The Morgan fingerprint density at radius 2 is 0.909 bits per heavy atom. The van der Waals surface area contributed by atoms with Crippen molar-refractivity contribution in [2.45, 2.75) is 213 Å². The largest absolute Gasteiger partial charge is 0.498 e. The first-order valence-electron chi connectivity index (χ1n) is 24.3. The first kappa shape index (κ1) is 50.0. The lowest BCUT2D eigenvalue weighted by molar-refractivity contribution is -0.144. The van der Waals surface area contributed by atoms with E-state index in [0.29, 0.717) is 13.0 Å². The van der Waals surface area contributed by atoms with Crippen LogP contribution in [0, 0.1) is 0 Å². The van der Waals surface area contributed by atoms with Crippen molar-refractivity contribution < 1.29 is 23.7 Å². The Kier molecular flexibility index (Phi) is 34.9. The Labute approximate surface area is 341 Å². The normalized spacial score (nSPS) is 14.6. The van der Waals surface area contributed by atoms with E-state index in [4.69, 9.17) is 18.9 Å². The van der Waals surface area contributed by atoms with Crippen LogP contribution in [-0.2, 0) is 23.7 Å². The Morgan fingerprint density at radius 3 is 1.36 bits per heavy atom. The fourth-order valence-electron chi connectivity index (χ4n) is 7.77. The molecular formula is C48H92N2O5. The van der Waals surface area contributed by atoms with Gasteiger partial charge in [-0.05, 0) is 102 Å². The van der Waals surface area contributed by atoms with E-state index >= 15 is 0 Å². The predicted octanol–water partition coefficient (Wildman–Crippen LogP) is 12.6. The Morgan fingerprint density at radius 1 is 0.491 bits per heavy atom. The van der Waals surface area contributed by atoms with Crippen LogP contribution in [0.4, 0.5) is 0 Å². The molecule has 55 heavy (non-hydrogen) atoms. The van der Waals surface area contributed by atoms with Gasteiger partial charge in [0.2, 0.25) is 0 Å². The third-order valence-corrected chi connectivity index (χ3v) is 11.8. The molecule has 1 saturated carbocycles. The molecule has 2 fully saturated rings. The number of hydrogen-bond donors (Lipinski definition) is 0. The molecule has 0 aromatic carbocycles. The van der Waals surface area contributed by atoms with Crippen LogP contribution in [-0.4, -0.2) is 94.7 Å². The van der Waals surface area contributed by atoms with Crippen molar-refractivity contribution in [2.24, 2.45) is 0 Å². The lowest BCUT2D eigenvalue weighted by Crippen LogP contribution is -2.36. The summed E-state index contributed by atoms with van der Waals surface area (Å²) in [5.74, 6) is 1.19. The van der Waals surface area contributed by atoms with Crippen LogP contribution in [0.2, 0.25) is 0 Å². The number of esters is 1. The second-order valence-corrected chi connectivity index (χ2v) is 16.8. The summed E-state index contributed by atoms with van der Waals surface area (Å²) in [4.78, 5) is 17.8. The third-order valence-electron chi connectivity index (χ3n) is 11.8. The fourth-order valence-corrected chi connectivity index (χ4v) is 7.77. The molecule has 1 saturated heterocycles. The predicted molar refractivity (Wildman–Crippen MR) is 233 cm³/mol. The molecule has 0 aromatic heterocycles. The zero-order chi connectivity index (χ0) is 39.1. The average Bonchev–Trinajstić information content (AvgIpc) is 3.70. The van der Waals surface area contributed by atoms with Crippen molar-refractivity contribution >= 4 is 5.97 Å². The maximum atomic E-state index is 12.7. The van der Waals surface area contributed by atoms with Gasteiger partial charge in [0.1, 0.15) is 0 Å². The number of hydrogen-bond acceptors (Lipinski definition) is 7. The van der Waals surface area contributed by atoms with Gasteiger partial charge >= 0.3 is 5.97 Å². The summed E-state index contributed by atoms with van der Waals surface area (Å²) in [7, 11) is 0. The van der Waals surface area contributed by atoms with Crippen LogP contribution in [0.15, 0.2) is 11.3 Å². The van der Waals surface area contributed by atoms with Gasteiger partial charge in [-0.15, -0.1) is 0 Å². The lowest BCUT2D eigenvalue weighted by Gasteiger charge is -2.27. The number of carbonyl (C=O) groups is 1.